The number of carbonyl (C=O) groups is 1. The first kappa shape index (κ1) is 19.3. The van der Waals surface area contributed by atoms with E-state index in [4.69, 9.17) is 10.5 Å². The molecule has 0 bridgehead atoms. The van der Waals surface area contributed by atoms with Crippen LogP contribution in [0.25, 0.3) is 0 Å². The molecule has 3 atom stereocenters. The Kier molecular flexibility index (Phi) is 6.44. The standard InChI is InChI=1S/C16H22F3NO3/c1-9(2)14(11(4)22-15(21)10(3)20)12-5-7-13(8-6-12)23-16(17,18)19/h5-11,14H,20H2,1-4H3/t10-,11-,14+/m0/s1. The van der Waals surface area contributed by atoms with Crippen LogP contribution >= 0.6 is 0 Å². The van der Waals surface area contributed by atoms with Crippen LogP contribution in [0.2, 0.25) is 0 Å². The van der Waals surface area contributed by atoms with Crippen molar-refractivity contribution in [2.45, 2.75) is 52.1 Å². The lowest BCUT2D eigenvalue weighted by atomic mass is 9.84. The van der Waals surface area contributed by atoms with E-state index < -0.39 is 24.5 Å². The molecular formula is C16H22F3NO3. The Morgan fingerprint density at radius 3 is 2.00 bits per heavy atom. The van der Waals surface area contributed by atoms with Gasteiger partial charge in [0.15, 0.2) is 0 Å². The van der Waals surface area contributed by atoms with E-state index in [-0.39, 0.29) is 17.6 Å². The summed E-state index contributed by atoms with van der Waals surface area (Å²) in [6.45, 7) is 7.16. The number of ether oxygens (including phenoxy) is 2. The van der Waals surface area contributed by atoms with Crippen molar-refractivity contribution >= 4 is 5.97 Å². The number of rotatable bonds is 6. The molecule has 0 aromatic heterocycles. The van der Waals surface area contributed by atoms with Gasteiger partial charge in [0.05, 0.1) is 0 Å². The second kappa shape index (κ2) is 7.68. The molecule has 4 nitrogen and oxygen atoms in total. The predicted molar refractivity (Wildman–Crippen MR) is 79.9 cm³/mol. The van der Waals surface area contributed by atoms with Gasteiger partial charge in [-0.25, -0.2) is 0 Å². The second-order valence-corrected chi connectivity index (χ2v) is 5.82. The van der Waals surface area contributed by atoms with Gasteiger partial charge in [-0.2, -0.15) is 0 Å². The molecule has 0 aliphatic rings. The smallest absolute Gasteiger partial charge is 0.461 e. The zero-order chi connectivity index (χ0) is 17.8. The summed E-state index contributed by atoms with van der Waals surface area (Å²) in [7, 11) is 0. The number of halogens is 3. The summed E-state index contributed by atoms with van der Waals surface area (Å²) in [5.74, 6) is -0.859. The number of carbonyl (C=O) groups excluding carboxylic acids is 1. The van der Waals surface area contributed by atoms with Crippen molar-refractivity contribution in [3.63, 3.8) is 0 Å². The summed E-state index contributed by atoms with van der Waals surface area (Å²) in [6, 6.07) is 4.85. The van der Waals surface area contributed by atoms with Crippen molar-refractivity contribution in [1.82, 2.24) is 0 Å². The average molecular weight is 333 g/mol. The number of benzene rings is 1. The minimum absolute atomic E-state index is 0.111. The molecule has 130 valence electrons. The van der Waals surface area contributed by atoms with Crippen molar-refractivity contribution in [3.8, 4) is 5.75 Å². The topological polar surface area (TPSA) is 61.5 Å². The molecule has 23 heavy (non-hydrogen) atoms. The van der Waals surface area contributed by atoms with Gasteiger partial charge in [0.25, 0.3) is 0 Å². The van der Waals surface area contributed by atoms with Gasteiger partial charge in [0.1, 0.15) is 17.9 Å². The Morgan fingerprint density at radius 1 is 1.09 bits per heavy atom. The Bertz CT molecular complexity index is 512. The normalized spacial score (nSPS) is 15.9. The van der Waals surface area contributed by atoms with Gasteiger partial charge in [-0.15, -0.1) is 13.2 Å². The number of hydrogen-bond acceptors (Lipinski definition) is 4. The van der Waals surface area contributed by atoms with E-state index in [0.29, 0.717) is 0 Å². The van der Waals surface area contributed by atoms with E-state index in [9.17, 15) is 18.0 Å². The van der Waals surface area contributed by atoms with Gasteiger partial charge in [-0.3, -0.25) is 4.79 Å². The first-order chi connectivity index (χ1) is 10.5. The zero-order valence-corrected chi connectivity index (χ0v) is 13.6. The molecule has 0 aliphatic carbocycles. The van der Waals surface area contributed by atoms with Crippen molar-refractivity contribution in [2.24, 2.45) is 11.7 Å². The van der Waals surface area contributed by atoms with Gasteiger partial charge in [-0.1, -0.05) is 26.0 Å². The van der Waals surface area contributed by atoms with Gasteiger partial charge in [0.2, 0.25) is 0 Å². The first-order valence-corrected chi connectivity index (χ1v) is 7.33. The minimum Gasteiger partial charge on any atom is -0.461 e. The third kappa shape index (κ3) is 6.09. The van der Waals surface area contributed by atoms with Crippen LogP contribution < -0.4 is 10.5 Å². The molecule has 0 radical (unpaired) electrons. The lowest BCUT2D eigenvalue weighted by Gasteiger charge is -2.28. The molecule has 0 heterocycles. The van der Waals surface area contributed by atoms with Crippen molar-refractivity contribution in [2.75, 3.05) is 0 Å². The molecule has 0 saturated carbocycles. The molecule has 0 unspecified atom stereocenters. The SMILES string of the molecule is CC(C)[C@@H](c1ccc(OC(F)(F)F)cc1)[C@H](C)OC(=O)[C@H](C)N. The van der Waals surface area contributed by atoms with Gasteiger partial charge in [-0.05, 0) is 37.5 Å². The van der Waals surface area contributed by atoms with Crippen molar-refractivity contribution in [1.29, 1.82) is 0 Å². The third-order valence-electron chi connectivity index (χ3n) is 3.40. The van der Waals surface area contributed by atoms with E-state index in [1.54, 1.807) is 19.1 Å². The van der Waals surface area contributed by atoms with Crippen molar-refractivity contribution in [3.05, 3.63) is 29.8 Å². The Balaban J connectivity index is 2.91. The summed E-state index contributed by atoms with van der Waals surface area (Å²) in [5, 5.41) is 0. The third-order valence-corrected chi connectivity index (χ3v) is 3.40. The average Bonchev–Trinajstić information content (AvgIpc) is 2.38. The number of nitrogens with two attached hydrogens (primary N) is 1. The summed E-state index contributed by atoms with van der Waals surface area (Å²) in [6.07, 6.45) is -5.18. The van der Waals surface area contributed by atoms with Crippen molar-refractivity contribution < 1.29 is 27.4 Å². The number of hydrogen-bond donors (Lipinski definition) is 1. The molecule has 2 N–H and O–H groups in total. The van der Waals surface area contributed by atoms with Crippen LogP contribution in [0.15, 0.2) is 24.3 Å². The van der Waals surface area contributed by atoms with E-state index in [0.717, 1.165) is 5.56 Å². The lowest BCUT2D eigenvalue weighted by molar-refractivity contribution is -0.274. The minimum atomic E-state index is -4.72. The van der Waals surface area contributed by atoms with Crippen LogP contribution in [-0.4, -0.2) is 24.5 Å². The molecule has 1 aromatic rings. The Morgan fingerprint density at radius 2 is 1.61 bits per heavy atom. The van der Waals surface area contributed by atoms with Crippen LogP contribution in [0.3, 0.4) is 0 Å². The van der Waals surface area contributed by atoms with E-state index in [1.807, 2.05) is 13.8 Å². The van der Waals surface area contributed by atoms with Gasteiger partial charge >= 0.3 is 12.3 Å². The van der Waals surface area contributed by atoms with E-state index >= 15 is 0 Å². The monoisotopic (exact) mass is 333 g/mol. The maximum atomic E-state index is 12.2. The van der Waals surface area contributed by atoms with E-state index in [1.165, 1.54) is 19.1 Å². The highest BCUT2D eigenvalue weighted by Gasteiger charge is 2.31. The maximum absolute atomic E-state index is 12.2. The summed E-state index contributed by atoms with van der Waals surface area (Å²) in [5.41, 5.74) is 6.24. The molecule has 0 spiro atoms. The fourth-order valence-corrected chi connectivity index (χ4v) is 2.45. The van der Waals surface area contributed by atoms with Crippen LogP contribution in [0.5, 0.6) is 5.75 Å². The lowest BCUT2D eigenvalue weighted by Crippen LogP contribution is -2.34. The second-order valence-electron chi connectivity index (χ2n) is 5.82. The summed E-state index contributed by atoms with van der Waals surface area (Å²) < 4.78 is 45.7. The zero-order valence-electron chi connectivity index (χ0n) is 13.6. The summed E-state index contributed by atoms with van der Waals surface area (Å²) in [4.78, 5) is 11.6. The van der Waals surface area contributed by atoms with Crippen LogP contribution in [0.1, 0.15) is 39.2 Å². The molecular weight excluding hydrogens is 311 g/mol. The Labute approximate surface area is 133 Å². The van der Waals surface area contributed by atoms with Crippen LogP contribution in [0, 0.1) is 5.92 Å². The highest BCUT2D eigenvalue weighted by molar-refractivity contribution is 5.75. The molecule has 1 aromatic carbocycles. The van der Waals surface area contributed by atoms with Gasteiger partial charge < -0.3 is 15.2 Å². The molecule has 0 aliphatic heterocycles. The Hall–Kier alpha value is -1.76. The highest BCUT2D eigenvalue weighted by atomic mass is 19.4. The molecule has 0 fully saturated rings. The highest BCUT2D eigenvalue weighted by Crippen LogP contribution is 2.32. The van der Waals surface area contributed by atoms with E-state index in [2.05, 4.69) is 4.74 Å². The van der Waals surface area contributed by atoms with Crippen LogP contribution in [-0.2, 0) is 9.53 Å². The fourth-order valence-electron chi connectivity index (χ4n) is 2.45. The molecule has 7 heteroatoms. The number of alkyl halides is 3. The first-order valence-electron chi connectivity index (χ1n) is 7.33. The fraction of sp³-hybridized carbons (Fsp3) is 0.562. The number of esters is 1. The quantitative estimate of drug-likeness (QED) is 0.808. The molecule has 0 amide bonds. The predicted octanol–water partition coefficient (Wildman–Crippen LogP) is 3.60. The van der Waals surface area contributed by atoms with Crippen LogP contribution in [0.4, 0.5) is 13.2 Å². The van der Waals surface area contributed by atoms with Gasteiger partial charge in [0, 0.05) is 5.92 Å². The molecule has 1 rings (SSSR count). The maximum Gasteiger partial charge on any atom is 0.573 e. The largest absolute Gasteiger partial charge is 0.573 e. The molecule has 0 saturated heterocycles. The summed E-state index contributed by atoms with van der Waals surface area (Å²) >= 11 is 0.